The van der Waals surface area contributed by atoms with Crippen LogP contribution in [0.15, 0.2) is 40.9 Å². The molecule has 1 aliphatic heterocycles. The molecule has 2 atom stereocenters. The molecule has 0 saturated heterocycles. The summed E-state index contributed by atoms with van der Waals surface area (Å²) >= 11 is 3.46. The van der Waals surface area contributed by atoms with Crippen LogP contribution in [0.25, 0.3) is 0 Å². The minimum absolute atomic E-state index is 0.133. The molecule has 1 heterocycles. The fourth-order valence-electron chi connectivity index (χ4n) is 2.64. The Labute approximate surface area is 130 Å². The van der Waals surface area contributed by atoms with Crippen LogP contribution in [0.4, 0.5) is 4.39 Å². The summed E-state index contributed by atoms with van der Waals surface area (Å²) in [6.07, 6.45) is 0.454. The lowest BCUT2D eigenvalue weighted by atomic mass is 9.93. The van der Waals surface area contributed by atoms with Gasteiger partial charge in [0, 0.05) is 22.5 Å². The van der Waals surface area contributed by atoms with Crippen molar-refractivity contribution >= 4 is 15.9 Å². The van der Waals surface area contributed by atoms with Gasteiger partial charge in [0.25, 0.3) is 0 Å². The lowest BCUT2D eigenvalue weighted by Gasteiger charge is -2.32. The van der Waals surface area contributed by atoms with Gasteiger partial charge in [-0.1, -0.05) is 22.0 Å². The zero-order valence-corrected chi connectivity index (χ0v) is 13.0. The van der Waals surface area contributed by atoms with Crippen LogP contribution in [0.2, 0.25) is 0 Å². The minimum Gasteiger partial charge on any atom is -0.505 e. The Balaban J connectivity index is 1.96. The first-order valence-electron chi connectivity index (χ1n) is 6.70. The predicted molar refractivity (Wildman–Crippen MR) is 82.0 cm³/mol. The monoisotopic (exact) mass is 351 g/mol. The van der Waals surface area contributed by atoms with E-state index in [0.717, 1.165) is 21.3 Å². The summed E-state index contributed by atoms with van der Waals surface area (Å²) < 4.78 is 20.5. The van der Waals surface area contributed by atoms with E-state index in [1.165, 1.54) is 12.1 Å². The Morgan fingerprint density at radius 1 is 1.29 bits per heavy atom. The quantitative estimate of drug-likeness (QED) is 0.856. The van der Waals surface area contributed by atoms with Gasteiger partial charge in [0.1, 0.15) is 11.9 Å². The Morgan fingerprint density at radius 2 is 2.10 bits per heavy atom. The van der Waals surface area contributed by atoms with E-state index in [1.54, 1.807) is 6.07 Å². The molecule has 0 fully saturated rings. The van der Waals surface area contributed by atoms with Crippen LogP contribution in [-0.2, 0) is 0 Å². The number of ether oxygens (including phenoxy) is 1. The number of rotatable bonds is 2. The molecule has 1 aliphatic rings. The first kappa shape index (κ1) is 14.4. The zero-order chi connectivity index (χ0) is 15.0. The van der Waals surface area contributed by atoms with Crippen LogP contribution in [0, 0.1) is 5.82 Å². The molecule has 0 aromatic heterocycles. The van der Waals surface area contributed by atoms with Gasteiger partial charge in [-0.3, -0.25) is 0 Å². The Morgan fingerprint density at radius 3 is 2.81 bits per heavy atom. The second kappa shape index (κ2) is 5.66. The van der Waals surface area contributed by atoms with Crippen LogP contribution in [0.1, 0.15) is 29.7 Å². The van der Waals surface area contributed by atoms with E-state index in [-0.39, 0.29) is 17.9 Å². The van der Waals surface area contributed by atoms with Crippen molar-refractivity contribution in [2.24, 2.45) is 0 Å². The fourth-order valence-corrected chi connectivity index (χ4v) is 3.02. The first-order chi connectivity index (χ1) is 10.1. The molecule has 5 heteroatoms. The van der Waals surface area contributed by atoms with Crippen molar-refractivity contribution in [1.29, 1.82) is 0 Å². The van der Waals surface area contributed by atoms with Gasteiger partial charge in [-0.2, -0.15) is 0 Å². The van der Waals surface area contributed by atoms with E-state index in [4.69, 9.17) is 4.74 Å². The first-order valence-corrected chi connectivity index (χ1v) is 7.49. The smallest absolute Gasteiger partial charge is 0.165 e. The highest BCUT2D eigenvalue weighted by Crippen LogP contribution is 2.42. The standard InChI is InChI=1S/C16H15BrFNO2/c1-19-13-8-16(9-2-4-14(20)12(18)6-9)21-15-5-3-10(17)7-11(13)15/h2-7,13,16,19-20H,8H2,1H3. The number of halogens is 2. The largest absolute Gasteiger partial charge is 0.505 e. The number of phenols is 1. The van der Waals surface area contributed by atoms with Crippen LogP contribution in [-0.4, -0.2) is 12.2 Å². The maximum absolute atomic E-state index is 13.5. The van der Waals surface area contributed by atoms with Gasteiger partial charge in [-0.25, -0.2) is 4.39 Å². The van der Waals surface area contributed by atoms with Crippen molar-refractivity contribution < 1.29 is 14.2 Å². The number of benzene rings is 2. The highest BCUT2D eigenvalue weighted by molar-refractivity contribution is 9.10. The summed E-state index contributed by atoms with van der Waals surface area (Å²) in [6.45, 7) is 0. The van der Waals surface area contributed by atoms with Gasteiger partial charge in [0.05, 0.1) is 0 Å². The molecule has 2 N–H and O–H groups in total. The molecular weight excluding hydrogens is 337 g/mol. The number of aromatic hydroxyl groups is 1. The molecule has 0 spiro atoms. The van der Waals surface area contributed by atoms with Crippen LogP contribution in [0.3, 0.4) is 0 Å². The van der Waals surface area contributed by atoms with Crippen molar-refractivity contribution in [2.45, 2.75) is 18.6 Å². The number of phenolic OH excluding ortho intramolecular Hbond substituents is 1. The van der Waals surface area contributed by atoms with E-state index in [2.05, 4.69) is 21.2 Å². The molecule has 3 rings (SSSR count). The maximum Gasteiger partial charge on any atom is 0.165 e. The summed E-state index contributed by atoms with van der Waals surface area (Å²) in [5.41, 5.74) is 1.81. The van der Waals surface area contributed by atoms with E-state index >= 15 is 0 Å². The van der Waals surface area contributed by atoms with Crippen molar-refractivity contribution in [3.05, 3.63) is 57.8 Å². The number of nitrogens with one attached hydrogen (secondary N) is 1. The van der Waals surface area contributed by atoms with Gasteiger partial charge in [-0.05, 0) is 42.9 Å². The molecule has 0 amide bonds. The molecular formula is C16H15BrFNO2. The van der Waals surface area contributed by atoms with Crippen LogP contribution in [0.5, 0.6) is 11.5 Å². The third-order valence-electron chi connectivity index (χ3n) is 3.76. The highest BCUT2D eigenvalue weighted by atomic mass is 79.9. The summed E-state index contributed by atoms with van der Waals surface area (Å²) in [6, 6.07) is 10.4. The fraction of sp³-hybridized carbons (Fsp3) is 0.250. The molecule has 3 nitrogen and oxygen atoms in total. The third kappa shape index (κ3) is 2.76. The van der Waals surface area contributed by atoms with Gasteiger partial charge in [-0.15, -0.1) is 0 Å². The SMILES string of the molecule is CNC1CC(c2ccc(O)c(F)c2)Oc2ccc(Br)cc21. The molecule has 0 radical (unpaired) electrons. The second-order valence-corrected chi connectivity index (χ2v) is 5.99. The molecule has 21 heavy (non-hydrogen) atoms. The van der Waals surface area contributed by atoms with Crippen LogP contribution < -0.4 is 10.1 Å². The minimum atomic E-state index is -0.626. The van der Waals surface area contributed by atoms with Crippen molar-refractivity contribution in [1.82, 2.24) is 5.32 Å². The predicted octanol–water partition coefficient (Wildman–Crippen LogP) is 4.08. The summed E-state index contributed by atoms with van der Waals surface area (Å²) in [5.74, 6) is -0.176. The summed E-state index contributed by atoms with van der Waals surface area (Å²) in [7, 11) is 1.90. The zero-order valence-electron chi connectivity index (χ0n) is 11.4. The molecule has 2 aromatic rings. The Bertz CT molecular complexity index is 677. The van der Waals surface area contributed by atoms with Gasteiger partial charge in [0.2, 0.25) is 0 Å². The van der Waals surface area contributed by atoms with E-state index in [1.807, 2.05) is 25.2 Å². The summed E-state index contributed by atoms with van der Waals surface area (Å²) in [4.78, 5) is 0. The molecule has 0 aliphatic carbocycles. The molecule has 2 unspecified atom stereocenters. The van der Waals surface area contributed by atoms with E-state index < -0.39 is 5.82 Å². The molecule has 110 valence electrons. The van der Waals surface area contributed by atoms with Gasteiger partial charge >= 0.3 is 0 Å². The molecule has 0 bridgehead atoms. The highest BCUT2D eigenvalue weighted by Gasteiger charge is 2.29. The molecule has 2 aromatic carbocycles. The van der Waals surface area contributed by atoms with Crippen molar-refractivity contribution in [3.63, 3.8) is 0 Å². The average Bonchev–Trinajstić information content (AvgIpc) is 2.49. The lowest BCUT2D eigenvalue weighted by molar-refractivity contribution is 0.153. The van der Waals surface area contributed by atoms with Gasteiger partial charge in [0.15, 0.2) is 11.6 Å². The van der Waals surface area contributed by atoms with E-state index in [0.29, 0.717) is 6.42 Å². The molecule has 0 saturated carbocycles. The number of fused-ring (bicyclic) bond motifs is 1. The summed E-state index contributed by atoms with van der Waals surface area (Å²) in [5, 5.41) is 12.6. The topological polar surface area (TPSA) is 41.5 Å². The van der Waals surface area contributed by atoms with Crippen molar-refractivity contribution in [2.75, 3.05) is 7.05 Å². The number of hydrogen-bond donors (Lipinski definition) is 2. The third-order valence-corrected chi connectivity index (χ3v) is 4.25. The Kier molecular flexibility index (Phi) is 3.87. The lowest BCUT2D eigenvalue weighted by Crippen LogP contribution is -2.26. The second-order valence-electron chi connectivity index (χ2n) is 5.08. The van der Waals surface area contributed by atoms with Crippen molar-refractivity contribution in [3.8, 4) is 11.5 Å². The van der Waals surface area contributed by atoms with Gasteiger partial charge < -0.3 is 15.2 Å². The maximum atomic E-state index is 13.5. The average molecular weight is 352 g/mol. The van der Waals surface area contributed by atoms with E-state index in [9.17, 15) is 9.50 Å². The Hall–Kier alpha value is -1.59. The normalized spacial score (nSPS) is 20.7. The van der Waals surface area contributed by atoms with Crippen LogP contribution >= 0.6 is 15.9 Å². The number of hydrogen-bond acceptors (Lipinski definition) is 3.